The van der Waals surface area contributed by atoms with Gasteiger partial charge in [0.1, 0.15) is 28.4 Å². The average Bonchev–Trinajstić information content (AvgIpc) is 3.21. The summed E-state index contributed by atoms with van der Waals surface area (Å²) in [7, 11) is 0. The Hall–Kier alpha value is -3.51. The standard InChI is InChI=1S/C21H26N4O7S/c1-11(16(27)24-14(9-26)19(29)30)22-17(28)15-10-33-18(25-15)12-5-7-13(8-6-12)23-20(31)32-21(2,3)4/h5-8,10-11,14,26H,9H2,1-4H3,(H,22,28)(H,23,31)(H,24,27)(H,29,30). The van der Waals surface area contributed by atoms with Gasteiger partial charge in [-0.05, 0) is 52.0 Å². The van der Waals surface area contributed by atoms with Gasteiger partial charge in [0.15, 0.2) is 0 Å². The van der Waals surface area contributed by atoms with E-state index in [0.717, 1.165) is 0 Å². The number of benzene rings is 1. The summed E-state index contributed by atoms with van der Waals surface area (Å²) in [5, 5.41) is 27.1. The molecule has 2 atom stereocenters. The molecule has 0 fully saturated rings. The summed E-state index contributed by atoms with van der Waals surface area (Å²) in [5.74, 6) is -2.76. The fourth-order valence-corrected chi connectivity index (χ4v) is 3.25. The summed E-state index contributed by atoms with van der Waals surface area (Å²) < 4.78 is 5.20. The summed E-state index contributed by atoms with van der Waals surface area (Å²) in [6.07, 6.45) is -0.574. The first-order valence-electron chi connectivity index (χ1n) is 9.90. The molecule has 1 aromatic carbocycles. The molecule has 3 amide bonds. The van der Waals surface area contributed by atoms with Crippen molar-refractivity contribution < 1.29 is 34.1 Å². The number of hydrogen-bond donors (Lipinski definition) is 5. The van der Waals surface area contributed by atoms with E-state index < -0.39 is 48.2 Å². The largest absolute Gasteiger partial charge is 0.480 e. The van der Waals surface area contributed by atoms with Crippen LogP contribution in [0.15, 0.2) is 29.6 Å². The Morgan fingerprint density at radius 1 is 1.12 bits per heavy atom. The number of ether oxygens (including phenoxy) is 1. The second-order valence-corrected chi connectivity index (χ2v) is 8.88. The highest BCUT2D eigenvalue weighted by Gasteiger charge is 2.24. The Bertz CT molecular complexity index is 1010. The first-order chi connectivity index (χ1) is 15.4. The van der Waals surface area contributed by atoms with Crippen LogP contribution < -0.4 is 16.0 Å². The van der Waals surface area contributed by atoms with Crippen LogP contribution in [0, 0.1) is 0 Å². The van der Waals surface area contributed by atoms with Crippen molar-refractivity contribution in [3.8, 4) is 10.6 Å². The highest BCUT2D eigenvalue weighted by Crippen LogP contribution is 2.25. The number of anilines is 1. The molecule has 2 aromatic rings. The van der Waals surface area contributed by atoms with Crippen LogP contribution in [0.1, 0.15) is 38.2 Å². The number of carbonyl (C=O) groups is 4. The Morgan fingerprint density at radius 2 is 1.76 bits per heavy atom. The molecule has 33 heavy (non-hydrogen) atoms. The quantitative estimate of drug-likeness (QED) is 0.383. The minimum absolute atomic E-state index is 0.0857. The first kappa shape index (κ1) is 25.7. The molecule has 0 bridgehead atoms. The van der Waals surface area contributed by atoms with E-state index in [2.05, 4.69) is 20.9 Å². The van der Waals surface area contributed by atoms with Crippen LogP contribution in [-0.2, 0) is 14.3 Å². The number of carboxylic acids is 1. The molecule has 1 aromatic heterocycles. The number of nitrogens with zero attached hydrogens (tertiary/aromatic N) is 1. The summed E-state index contributed by atoms with van der Waals surface area (Å²) in [5.41, 5.74) is 0.718. The van der Waals surface area contributed by atoms with Crippen molar-refractivity contribution in [3.05, 3.63) is 35.3 Å². The molecule has 0 aliphatic rings. The zero-order valence-electron chi connectivity index (χ0n) is 18.5. The van der Waals surface area contributed by atoms with Gasteiger partial charge in [-0.25, -0.2) is 14.6 Å². The number of aliphatic hydroxyl groups excluding tert-OH is 1. The van der Waals surface area contributed by atoms with E-state index >= 15 is 0 Å². The van der Waals surface area contributed by atoms with Crippen LogP contribution in [0.4, 0.5) is 10.5 Å². The van der Waals surface area contributed by atoms with Crippen molar-refractivity contribution in [1.29, 1.82) is 0 Å². The maximum absolute atomic E-state index is 12.4. The summed E-state index contributed by atoms with van der Waals surface area (Å²) in [6.45, 7) is 5.90. The van der Waals surface area contributed by atoms with E-state index in [1.54, 1.807) is 45.0 Å². The van der Waals surface area contributed by atoms with E-state index in [9.17, 15) is 19.2 Å². The van der Waals surface area contributed by atoms with Gasteiger partial charge in [0.05, 0.1) is 6.61 Å². The number of carboxylic acid groups (broad SMARTS) is 1. The Labute approximate surface area is 194 Å². The molecule has 0 radical (unpaired) electrons. The molecule has 0 spiro atoms. The van der Waals surface area contributed by atoms with Crippen LogP contribution in [-0.4, -0.2) is 63.4 Å². The number of aromatic nitrogens is 1. The van der Waals surface area contributed by atoms with Gasteiger partial charge in [-0.3, -0.25) is 14.9 Å². The van der Waals surface area contributed by atoms with E-state index in [0.29, 0.717) is 16.3 Å². The van der Waals surface area contributed by atoms with Crippen LogP contribution in [0.25, 0.3) is 10.6 Å². The fourth-order valence-electron chi connectivity index (χ4n) is 2.45. The molecule has 0 saturated heterocycles. The third-order valence-electron chi connectivity index (χ3n) is 4.05. The van der Waals surface area contributed by atoms with Gasteiger partial charge < -0.3 is 25.6 Å². The lowest BCUT2D eigenvalue weighted by atomic mass is 10.2. The molecule has 0 aliphatic heterocycles. The molecule has 0 aliphatic carbocycles. The van der Waals surface area contributed by atoms with Gasteiger partial charge >= 0.3 is 12.1 Å². The van der Waals surface area contributed by atoms with Crippen molar-refractivity contribution >= 4 is 40.9 Å². The third-order valence-corrected chi connectivity index (χ3v) is 4.94. The molecule has 2 unspecified atom stereocenters. The molecule has 1 heterocycles. The maximum Gasteiger partial charge on any atom is 0.412 e. The van der Waals surface area contributed by atoms with E-state index in [4.69, 9.17) is 14.9 Å². The van der Waals surface area contributed by atoms with Gasteiger partial charge in [0, 0.05) is 16.6 Å². The van der Waals surface area contributed by atoms with Crippen LogP contribution in [0.5, 0.6) is 0 Å². The molecule has 0 saturated carbocycles. The highest BCUT2D eigenvalue weighted by atomic mass is 32.1. The first-order valence-corrected chi connectivity index (χ1v) is 10.8. The highest BCUT2D eigenvalue weighted by molar-refractivity contribution is 7.13. The average molecular weight is 479 g/mol. The molecular formula is C21H26N4O7S. The van der Waals surface area contributed by atoms with E-state index in [-0.39, 0.29) is 5.69 Å². The van der Waals surface area contributed by atoms with Crippen molar-refractivity contribution in [2.75, 3.05) is 11.9 Å². The smallest absolute Gasteiger partial charge is 0.412 e. The number of rotatable bonds is 8. The van der Waals surface area contributed by atoms with Crippen molar-refractivity contribution in [2.45, 2.75) is 45.4 Å². The normalized spacial score (nSPS) is 12.9. The Balaban J connectivity index is 1.98. The maximum atomic E-state index is 12.4. The van der Waals surface area contributed by atoms with Crippen molar-refractivity contribution in [1.82, 2.24) is 15.6 Å². The molecule has 178 valence electrons. The minimum Gasteiger partial charge on any atom is -0.480 e. The number of hydrogen-bond acceptors (Lipinski definition) is 8. The van der Waals surface area contributed by atoms with Crippen LogP contribution in [0.2, 0.25) is 0 Å². The predicted molar refractivity (Wildman–Crippen MR) is 121 cm³/mol. The van der Waals surface area contributed by atoms with Gasteiger partial charge in [0.25, 0.3) is 5.91 Å². The minimum atomic E-state index is -1.46. The second kappa shape index (κ2) is 10.9. The second-order valence-electron chi connectivity index (χ2n) is 8.02. The number of amides is 3. The van der Waals surface area contributed by atoms with Gasteiger partial charge in [-0.2, -0.15) is 0 Å². The number of aliphatic hydroxyl groups is 1. The molecule has 5 N–H and O–H groups in total. The predicted octanol–water partition coefficient (Wildman–Crippen LogP) is 1.84. The number of thiazole rings is 1. The molecule has 11 nitrogen and oxygen atoms in total. The van der Waals surface area contributed by atoms with Gasteiger partial charge in [0.2, 0.25) is 5.91 Å². The van der Waals surface area contributed by atoms with Crippen molar-refractivity contribution in [3.63, 3.8) is 0 Å². The van der Waals surface area contributed by atoms with Crippen molar-refractivity contribution in [2.24, 2.45) is 0 Å². The van der Waals surface area contributed by atoms with E-state index in [1.807, 2.05) is 0 Å². The lowest BCUT2D eigenvalue weighted by Gasteiger charge is -2.19. The lowest BCUT2D eigenvalue weighted by molar-refractivity contribution is -0.143. The Morgan fingerprint density at radius 3 is 2.30 bits per heavy atom. The SMILES string of the molecule is CC(NC(=O)c1csc(-c2ccc(NC(=O)OC(C)(C)C)cc2)n1)C(=O)NC(CO)C(=O)O. The topological polar surface area (TPSA) is 167 Å². The number of nitrogens with one attached hydrogen (secondary N) is 3. The molecule has 2 rings (SSSR count). The monoisotopic (exact) mass is 478 g/mol. The fraction of sp³-hybridized carbons (Fsp3) is 0.381. The van der Waals surface area contributed by atoms with Gasteiger partial charge in [-0.1, -0.05) is 0 Å². The van der Waals surface area contributed by atoms with Crippen LogP contribution >= 0.6 is 11.3 Å². The summed E-state index contributed by atoms with van der Waals surface area (Å²) in [6, 6.07) is 4.29. The van der Waals surface area contributed by atoms with E-state index in [1.165, 1.54) is 23.6 Å². The third kappa shape index (κ3) is 7.84. The van der Waals surface area contributed by atoms with Crippen LogP contribution in [0.3, 0.4) is 0 Å². The zero-order valence-corrected chi connectivity index (χ0v) is 19.4. The number of aliphatic carboxylic acids is 1. The summed E-state index contributed by atoms with van der Waals surface area (Å²) in [4.78, 5) is 51.5. The molecular weight excluding hydrogens is 452 g/mol. The van der Waals surface area contributed by atoms with Gasteiger partial charge in [-0.15, -0.1) is 11.3 Å². The summed E-state index contributed by atoms with van der Waals surface area (Å²) >= 11 is 1.22. The Kier molecular flexibility index (Phi) is 8.49. The lowest BCUT2D eigenvalue weighted by Crippen LogP contribution is -2.51. The zero-order chi connectivity index (χ0) is 24.8. The number of carbonyl (C=O) groups excluding carboxylic acids is 3. The molecule has 12 heteroatoms.